The van der Waals surface area contributed by atoms with E-state index in [0.717, 1.165) is 44.5 Å². The summed E-state index contributed by atoms with van der Waals surface area (Å²) >= 11 is 0. The summed E-state index contributed by atoms with van der Waals surface area (Å²) in [5, 5.41) is 29.8. The standard InChI is InChI=1S/C26H36N10O4.C2H6/c1-3-17-14-35(24-25(38)29-21(23(28)30-24)26-32-31-15(2)40-26)10-11-36(17)18-6-8-34(9-7-18)13-16-4-5-19(37)12-20(16)22(27)33-39;1-2/h4-5,12,17-18,37,39H,3,6-11,13-14H2,1-2H3,(H2,27,33)(H2,28,30)(H,29,38);1-2H3. The van der Waals surface area contributed by atoms with Gasteiger partial charge >= 0.3 is 0 Å². The zero-order chi connectivity index (χ0) is 30.4. The summed E-state index contributed by atoms with van der Waals surface area (Å²) in [7, 11) is 0. The average molecular weight is 583 g/mol. The quantitative estimate of drug-likeness (QED) is 0.118. The Morgan fingerprint density at radius 2 is 1.93 bits per heavy atom. The van der Waals surface area contributed by atoms with Crippen molar-refractivity contribution in [3.8, 4) is 17.3 Å². The number of likely N-dealkylation sites (tertiary alicyclic amines) is 1. The Kier molecular flexibility index (Phi) is 10.0. The van der Waals surface area contributed by atoms with E-state index in [4.69, 9.17) is 21.1 Å². The molecule has 1 unspecified atom stereocenters. The molecule has 5 rings (SSSR count). The molecule has 2 fully saturated rings. The van der Waals surface area contributed by atoms with Crippen LogP contribution in [-0.4, -0.2) is 90.9 Å². The summed E-state index contributed by atoms with van der Waals surface area (Å²) in [6, 6.07) is 5.67. The molecule has 2 saturated heterocycles. The highest BCUT2D eigenvalue weighted by molar-refractivity contribution is 5.98. The molecule has 0 radical (unpaired) electrons. The summed E-state index contributed by atoms with van der Waals surface area (Å²) in [6.45, 7) is 12.5. The smallest absolute Gasteiger partial charge is 0.291 e. The number of aromatic hydroxyl groups is 1. The first-order valence-corrected chi connectivity index (χ1v) is 14.5. The van der Waals surface area contributed by atoms with Gasteiger partial charge in [0.2, 0.25) is 5.89 Å². The van der Waals surface area contributed by atoms with Crippen molar-refractivity contribution < 1.29 is 14.7 Å². The number of hydrogen-bond acceptors (Lipinski definition) is 12. The van der Waals surface area contributed by atoms with Crippen LogP contribution in [0.5, 0.6) is 5.75 Å². The predicted octanol–water partition coefficient (Wildman–Crippen LogP) is 2.10. The summed E-state index contributed by atoms with van der Waals surface area (Å²) in [4.78, 5) is 27.1. The van der Waals surface area contributed by atoms with Crippen molar-refractivity contribution in [1.29, 1.82) is 0 Å². The molecular formula is C28H42N10O4. The van der Waals surface area contributed by atoms with Gasteiger partial charge in [-0.05, 0) is 50.0 Å². The molecule has 2 aliphatic rings. The summed E-state index contributed by atoms with van der Waals surface area (Å²) in [6.07, 6.45) is 2.97. The van der Waals surface area contributed by atoms with Crippen molar-refractivity contribution in [2.45, 2.75) is 65.6 Å². The van der Waals surface area contributed by atoms with E-state index in [2.05, 4.69) is 42.0 Å². The number of aromatic amines is 1. The number of oxime groups is 1. The van der Waals surface area contributed by atoms with Crippen molar-refractivity contribution in [2.24, 2.45) is 10.9 Å². The van der Waals surface area contributed by atoms with Crippen LogP contribution in [-0.2, 0) is 6.54 Å². The number of aryl methyl sites for hydroxylation is 1. The third-order valence-electron chi connectivity index (χ3n) is 7.86. The normalized spacial score (nSPS) is 19.0. The van der Waals surface area contributed by atoms with Crippen molar-refractivity contribution in [3.05, 3.63) is 45.6 Å². The average Bonchev–Trinajstić information content (AvgIpc) is 3.45. The van der Waals surface area contributed by atoms with Crippen LogP contribution in [0.1, 0.15) is 57.1 Å². The number of H-pyrrole nitrogens is 1. The van der Waals surface area contributed by atoms with Crippen molar-refractivity contribution in [3.63, 3.8) is 0 Å². The van der Waals surface area contributed by atoms with Gasteiger partial charge in [-0.3, -0.25) is 14.6 Å². The molecule has 0 amide bonds. The van der Waals surface area contributed by atoms with Crippen molar-refractivity contribution >= 4 is 17.5 Å². The lowest BCUT2D eigenvalue weighted by molar-refractivity contribution is 0.0610. The van der Waals surface area contributed by atoms with Gasteiger partial charge < -0.3 is 36.1 Å². The molecular weight excluding hydrogens is 540 g/mol. The molecule has 2 aromatic heterocycles. The molecule has 0 aliphatic carbocycles. The second kappa shape index (κ2) is 13.7. The zero-order valence-corrected chi connectivity index (χ0v) is 24.7. The molecule has 228 valence electrons. The third-order valence-corrected chi connectivity index (χ3v) is 7.86. The van der Waals surface area contributed by atoms with Crippen LogP contribution in [0, 0.1) is 6.92 Å². The van der Waals surface area contributed by atoms with E-state index < -0.39 is 0 Å². The lowest BCUT2D eigenvalue weighted by atomic mass is 9.97. The summed E-state index contributed by atoms with van der Waals surface area (Å²) < 4.78 is 5.41. The maximum Gasteiger partial charge on any atom is 0.291 e. The van der Waals surface area contributed by atoms with Gasteiger partial charge in [-0.2, -0.15) is 0 Å². The second-order valence-corrected chi connectivity index (χ2v) is 10.4. The highest BCUT2D eigenvalue weighted by atomic mass is 16.4. The maximum atomic E-state index is 13.0. The van der Waals surface area contributed by atoms with E-state index in [1.165, 1.54) is 6.07 Å². The first kappa shape index (κ1) is 30.8. The summed E-state index contributed by atoms with van der Waals surface area (Å²) in [5.74, 6) is 1.02. The summed E-state index contributed by atoms with van der Waals surface area (Å²) in [5.41, 5.74) is 13.4. The first-order chi connectivity index (χ1) is 20.3. The van der Waals surface area contributed by atoms with Crippen LogP contribution in [0.3, 0.4) is 0 Å². The Morgan fingerprint density at radius 3 is 2.57 bits per heavy atom. The molecule has 2 aliphatic heterocycles. The number of aromatic nitrogens is 4. The fourth-order valence-corrected chi connectivity index (χ4v) is 5.78. The minimum atomic E-state index is -0.336. The third kappa shape index (κ3) is 6.65. The molecule has 14 heteroatoms. The zero-order valence-electron chi connectivity index (χ0n) is 24.7. The van der Waals surface area contributed by atoms with Gasteiger partial charge in [-0.15, -0.1) is 10.2 Å². The molecule has 0 bridgehead atoms. The number of phenolic OH excluding ortho intramolecular Hbond substituents is 1. The van der Waals surface area contributed by atoms with Crippen LogP contribution in [0.15, 0.2) is 32.6 Å². The van der Waals surface area contributed by atoms with Gasteiger partial charge in [0.05, 0.1) is 0 Å². The van der Waals surface area contributed by atoms with Crippen LogP contribution >= 0.6 is 0 Å². The molecule has 1 aromatic carbocycles. The van der Waals surface area contributed by atoms with Crippen molar-refractivity contribution in [1.82, 2.24) is 30.0 Å². The van der Waals surface area contributed by atoms with Gasteiger partial charge in [-0.25, -0.2) is 4.98 Å². The van der Waals surface area contributed by atoms with Gasteiger partial charge in [-0.1, -0.05) is 32.0 Å². The lowest BCUT2D eigenvalue weighted by Crippen LogP contribution is -2.59. The van der Waals surface area contributed by atoms with Crippen LogP contribution in [0.2, 0.25) is 0 Å². The SMILES string of the molecule is CC.CCC1CN(c2nc(N)c(-c3nnc(C)o3)[nH]c2=O)CCN1C1CCN(Cc2ccc(O)cc2/C(N)=N\O)CC1. The molecule has 0 spiro atoms. The molecule has 3 aromatic rings. The van der Waals surface area contributed by atoms with E-state index in [0.29, 0.717) is 42.9 Å². The number of piperidine rings is 1. The van der Waals surface area contributed by atoms with Gasteiger partial charge in [0.1, 0.15) is 11.4 Å². The van der Waals surface area contributed by atoms with Gasteiger partial charge in [0.25, 0.3) is 11.4 Å². The minimum absolute atomic E-state index is 0.0149. The topological polar surface area (TPSA) is 199 Å². The Labute approximate surface area is 245 Å². The number of phenols is 1. The number of nitrogen functional groups attached to an aromatic ring is 1. The second-order valence-electron chi connectivity index (χ2n) is 10.4. The predicted molar refractivity (Wildman–Crippen MR) is 161 cm³/mol. The van der Waals surface area contributed by atoms with Crippen molar-refractivity contribution in [2.75, 3.05) is 43.4 Å². The van der Waals surface area contributed by atoms with E-state index in [1.807, 2.05) is 24.8 Å². The Morgan fingerprint density at radius 1 is 1.19 bits per heavy atom. The minimum Gasteiger partial charge on any atom is -0.508 e. The fourth-order valence-electron chi connectivity index (χ4n) is 5.78. The number of nitrogens with zero attached hydrogens (tertiary/aromatic N) is 7. The first-order valence-electron chi connectivity index (χ1n) is 14.5. The van der Waals surface area contributed by atoms with E-state index in [9.17, 15) is 9.90 Å². The largest absolute Gasteiger partial charge is 0.508 e. The molecule has 42 heavy (non-hydrogen) atoms. The molecule has 7 N–H and O–H groups in total. The monoisotopic (exact) mass is 582 g/mol. The number of nitrogens with one attached hydrogen (secondary N) is 1. The number of rotatable bonds is 7. The van der Waals surface area contributed by atoms with E-state index in [-0.39, 0.29) is 40.6 Å². The molecule has 1 atom stereocenters. The highest BCUT2D eigenvalue weighted by Gasteiger charge is 2.34. The maximum absolute atomic E-state index is 13.0. The van der Waals surface area contributed by atoms with Crippen LogP contribution in [0.25, 0.3) is 11.6 Å². The number of hydrogen-bond donors (Lipinski definition) is 5. The molecule has 4 heterocycles. The van der Waals surface area contributed by atoms with E-state index >= 15 is 0 Å². The van der Waals surface area contributed by atoms with Gasteiger partial charge in [0, 0.05) is 50.7 Å². The number of anilines is 2. The number of benzene rings is 1. The Balaban J connectivity index is 0.00000198. The Bertz CT molecular complexity index is 1430. The highest BCUT2D eigenvalue weighted by Crippen LogP contribution is 2.27. The van der Waals surface area contributed by atoms with Crippen LogP contribution < -0.4 is 21.9 Å². The molecule has 14 nitrogen and oxygen atoms in total. The number of amidine groups is 1. The lowest BCUT2D eigenvalue weighted by Gasteiger charge is -2.47. The number of piperazine rings is 1. The fraction of sp³-hybridized carbons (Fsp3) is 0.536. The Hall–Kier alpha value is -4.17. The van der Waals surface area contributed by atoms with Gasteiger partial charge in [0.15, 0.2) is 17.5 Å². The van der Waals surface area contributed by atoms with E-state index in [1.54, 1.807) is 13.0 Å². The molecule has 0 saturated carbocycles. The van der Waals surface area contributed by atoms with Crippen LogP contribution in [0.4, 0.5) is 11.6 Å². The number of nitrogens with two attached hydrogens (primary N) is 2.